The normalized spacial score (nSPS) is 11.2. The predicted molar refractivity (Wildman–Crippen MR) is 113 cm³/mol. The lowest BCUT2D eigenvalue weighted by atomic mass is 10.1. The average molecular weight is 414 g/mol. The Kier molecular flexibility index (Phi) is 8.02. The molecule has 1 aromatic carbocycles. The summed E-state index contributed by atoms with van der Waals surface area (Å²) < 4.78 is 22.2. The molecular formula is C23H31N3O4. The lowest BCUT2D eigenvalue weighted by Crippen LogP contribution is -2.02. The largest absolute Gasteiger partial charge is 0.493 e. The van der Waals surface area contributed by atoms with Gasteiger partial charge < -0.3 is 18.5 Å². The van der Waals surface area contributed by atoms with E-state index >= 15 is 0 Å². The van der Waals surface area contributed by atoms with Crippen molar-refractivity contribution >= 4 is 0 Å². The van der Waals surface area contributed by atoms with Crippen LogP contribution in [0.4, 0.5) is 0 Å². The van der Waals surface area contributed by atoms with Crippen molar-refractivity contribution in [3.63, 3.8) is 0 Å². The van der Waals surface area contributed by atoms with E-state index in [-0.39, 0.29) is 0 Å². The maximum atomic E-state index is 6.03. The van der Waals surface area contributed by atoms with Crippen LogP contribution in [0, 0.1) is 20.8 Å². The van der Waals surface area contributed by atoms with Crippen LogP contribution in [-0.2, 0) is 17.8 Å². The molecule has 0 saturated carbocycles. The number of unbranched alkanes of at least 4 members (excludes halogenated alkanes) is 2. The summed E-state index contributed by atoms with van der Waals surface area (Å²) in [5.41, 5.74) is 3.90. The lowest BCUT2D eigenvalue weighted by Gasteiger charge is -2.13. The van der Waals surface area contributed by atoms with E-state index in [4.69, 9.17) is 18.5 Å². The summed E-state index contributed by atoms with van der Waals surface area (Å²) in [5.74, 6) is 2.86. The van der Waals surface area contributed by atoms with Gasteiger partial charge in [0.1, 0.15) is 18.1 Å². The first kappa shape index (κ1) is 22.0. The Labute approximate surface area is 177 Å². The minimum absolute atomic E-state index is 0.348. The highest BCUT2D eigenvalue weighted by molar-refractivity contribution is 5.60. The van der Waals surface area contributed by atoms with Gasteiger partial charge in [0.05, 0.1) is 12.3 Å². The minimum atomic E-state index is 0.348. The second-order valence-electron chi connectivity index (χ2n) is 7.60. The van der Waals surface area contributed by atoms with Crippen molar-refractivity contribution in [3.05, 3.63) is 46.7 Å². The van der Waals surface area contributed by atoms with Crippen LogP contribution >= 0.6 is 0 Å². The molecule has 0 unspecified atom stereocenters. The highest BCUT2D eigenvalue weighted by atomic mass is 16.5. The van der Waals surface area contributed by atoms with Crippen LogP contribution in [-0.4, -0.2) is 28.5 Å². The summed E-state index contributed by atoms with van der Waals surface area (Å²) in [6.45, 7) is 9.83. The van der Waals surface area contributed by atoms with Gasteiger partial charge in [0, 0.05) is 24.7 Å². The number of ether oxygens (including phenoxy) is 2. The first-order valence-electron chi connectivity index (χ1n) is 10.6. The highest BCUT2D eigenvalue weighted by Crippen LogP contribution is 2.29. The summed E-state index contributed by atoms with van der Waals surface area (Å²) in [6, 6.07) is 6.01. The van der Waals surface area contributed by atoms with E-state index in [1.54, 1.807) is 0 Å². The number of benzene rings is 1. The van der Waals surface area contributed by atoms with Crippen LogP contribution < -0.4 is 4.74 Å². The Morgan fingerprint density at radius 3 is 2.40 bits per heavy atom. The summed E-state index contributed by atoms with van der Waals surface area (Å²) in [5, 5.41) is 8.01. The predicted octanol–water partition coefficient (Wildman–Crippen LogP) is 5.37. The van der Waals surface area contributed by atoms with E-state index in [2.05, 4.69) is 22.2 Å². The van der Waals surface area contributed by atoms with E-state index in [9.17, 15) is 0 Å². The van der Waals surface area contributed by atoms with Crippen molar-refractivity contribution in [3.8, 4) is 17.1 Å². The van der Waals surface area contributed by atoms with E-state index in [1.165, 1.54) is 12.8 Å². The number of aryl methyl sites for hydroxylation is 4. The molecule has 162 valence electrons. The second kappa shape index (κ2) is 10.9. The van der Waals surface area contributed by atoms with Gasteiger partial charge in [0.25, 0.3) is 5.89 Å². The molecule has 0 bridgehead atoms. The quantitative estimate of drug-likeness (QED) is 0.369. The second-order valence-corrected chi connectivity index (χ2v) is 7.60. The van der Waals surface area contributed by atoms with Gasteiger partial charge in [0.15, 0.2) is 0 Å². The van der Waals surface area contributed by atoms with Crippen LogP contribution in [0.15, 0.2) is 27.2 Å². The number of nitrogens with zero attached hydrogens (tertiary/aromatic N) is 3. The maximum absolute atomic E-state index is 6.03. The van der Waals surface area contributed by atoms with Crippen molar-refractivity contribution in [2.24, 2.45) is 0 Å². The van der Waals surface area contributed by atoms with Gasteiger partial charge >= 0.3 is 0 Å². The molecule has 0 saturated heterocycles. The molecule has 3 rings (SSSR count). The number of rotatable bonds is 12. The Bertz CT molecular complexity index is 909. The summed E-state index contributed by atoms with van der Waals surface area (Å²) >= 11 is 0. The monoisotopic (exact) mass is 413 g/mol. The third-order valence-electron chi connectivity index (χ3n) is 4.80. The third-order valence-corrected chi connectivity index (χ3v) is 4.80. The summed E-state index contributed by atoms with van der Waals surface area (Å²) in [7, 11) is 0. The molecule has 7 nitrogen and oxygen atoms in total. The molecule has 0 fully saturated rings. The highest BCUT2D eigenvalue weighted by Gasteiger charge is 2.13. The molecule has 0 aliphatic carbocycles. The van der Waals surface area contributed by atoms with E-state index < -0.39 is 0 Å². The van der Waals surface area contributed by atoms with Gasteiger partial charge in [0.2, 0.25) is 5.82 Å². The molecular weight excluding hydrogens is 382 g/mol. The van der Waals surface area contributed by atoms with Crippen molar-refractivity contribution < 1.29 is 18.5 Å². The Morgan fingerprint density at radius 2 is 1.70 bits per heavy atom. The van der Waals surface area contributed by atoms with Crippen molar-refractivity contribution in [1.82, 2.24) is 15.3 Å². The van der Waals surface area contributed by atoms with Gasteiger partial charge in [-0.1, -0.05) is 30.1 Å². The van der Waals surface area contributed by atoms with Crippen molar-refractivity contribution in [2.45, 2.75) is 66.4 Å². The SMILES string of the molecule is CCCCCOCc1nc(-c2cc(C)c(OCCCc3cc(C)no3)c(C)c2)no1. The fourth-order valence-electron chi connectivity index (χ4n) is 3.31. The molecule has 0 spiro atoms. The lowest BCUT2D eigenvalue weighted by molar-refractivity contribution is 0.0945. The molecule has 0 aliphatic heterocycles. The summed E-state index contributed by atoms with van der Waals surface area (Å²) in [6.07, 6.45) is 5.07. The molecule has 2 aromatic heterocycles. The van der Waals surface area contributed by atoms with Crippen LogP contribution in [0.25, 0.3) is 11.4 Å². The fraction of sp³-hybridized carbons (Fsp3) is 0.522. The van der Waals surface area contributed by atoms with Crippen LogP contribution in [0.3, 0.4) is 0 Å². The Balaban J connectivity index is 1.53. The molecule has 30 heavy (non-hydrogen) atoms. The van der Waals surface area contributed by atoms with Crippen LogP contribution in [0.1, 0.15) is 61.1 Å². The molecule has 2 heterocycles. The minimum Gasteiger partial charge on any atom is -0.493 e. The fourth-order valence-corrected chi connectivity index (χ4v) is 3.31. The molecule has 0 aliphatic rings. The topological polar surface area (TPSA) is 83.4 Å². The van der Waals surface area contributed by atoms with Gasteiger partial charge in [-0.15, -0.1) is 0 Å². The standard InChI is InChI=1S/C23H31N3O4/c1-5-6-7-10-27-15-21-24-23(26-30-21)19-12-16(2)22(17(3)13-19)28-11-8-9-20-14-18(4)25-29-20/h12-14H,5-11,15H2,1-4H3. The zero-order valence-electron chi connectivity index (χ0n) is 18.4. The van der Waals surface area contributed by atoms with Gasteiger partial charge in [-0.2, -0.15) is 4.98 Å². The zero-order chi connectivity index (χ0) is 21.3. The third kappa shape index (κ3) is 6.16. The van der Waals surface area contributed by atoms with E-state index in [0.29, 0.717) is 31.5 Å². The van der Waals surface area contributed by atoms with Crippen molar-refractivity contribution in [1.29, 1.82) is 0 Å². The molecule has 7 heteroatoms. The smallest absolute Gasteiger partial charge is 0.252 e. The average Bonchev–Trinajstić information content (AvgIpc) is 3.35. The van der Waals surface area contributed by atoms with Gasteiger partial charge in [-0.3, -0.25) is 0 Å². The van der Waals surface area contributed by atoms with Crippen LogP contribution in [0.5, 0.6) is 5.75 Å². The maximum Gasteiger partial charge on any atom is 0.252 e. The summed E-state index contributed by atoms with van der Waals surface area (Å²) in [4.78, 5) is 4.46. The van der Waals surface area contributed by atoms with Crippen molar-refractivity contribution in [2.75, 3.05) is 13.2 Å². The number of hydrogen-bond donors (Lipinski definition) is 0. The molecule has 0 N–H and O–H groups in total. The molecule has 0 amide bonds. The zero-order valence-corrected chi connectivity index (χ0v) is 18.4. The van der Waals surface area contributed by atoms with E-state index in [0.717, 1.165) is 53.2 Å². The first-order valence-corrected chi connectivity index (χ1v) is 10.6. The van der Waals surface area contributed by atoms with Gasteiger partial charge in [-0.25, -0.2) is 0 Å². The molecule has 3 aromatic rings. The van der Waals surface area contributed by atoms with Crippen LogP contribution in [0.2, 0.25) is 0 Å². The first-order chi connectivity index (χ1) is 14.6. The Morgan fingerprint density at radius 1 is 0.900 bits per heavy atom. The van der Waals surface area contributed by atoms with Gasteiger partial charge in [-0.05, 0) is 56.9 Å². The molecule has 0 radical (unpaired) electrons. The number of aromatic nitrogens is 3. The number of hydrogen-bond acceptors (Lipinski definition) is 7. The molecule has 0 atom stereocenters. The van der Waals surface area contributed by atoms with E-state index in [1.807, 2.05) is 39.0 Å². The Hall–Kier alpha value is -2.67.